The monoisotopic (exact) mass is 727 g/mol. The molecular formula is C36H45N3O13. The molecule has 2 aromatic carbocycles. The Balaban J connectivity index is 3.10. The maximum atomic E-state index is 14.9. The first-order valence-electron chi connectivity index (χ1n) is 15.9. The minimum atomic E-state index is -2.34. The van der Waals surface area contributed by atoms with Crippen LogP contribution in [0.4, 0.5) is 14.4 Å². The molecule has 0 bridgehead atoms. The molecule has 4 amide bonds. The lowest BCUT2D eigenvalue weighted by Gasteiger charge is -2.35. The van der Waals surface area contributed by atoms with Crippen LogP contribution in [0.5, 0.6) is 11.5 Å². The maximum Gasteiger partial charge on any atom is 0.435 e. The number of aliphatic carboxylic acids is 1. The van der Waals surface area contributed by atoms with E-state index in [0.717, 1.165) is 37.1 Å². The van der Waals surface area contributed by atoms with Crippen molar-refractivity contribution in [3.8, 4) is 11.5 Å². The molecule has 0 fully saturated rings. The molecule has 0 aromatic heterocycles. The van der Waals surface area contributed by atoms with E-state index in [4.69, 9.17) is 28.8 Å². The highest BCUT2D eigenvalue weighted by molar-refractivity contribution is 6.24. The minimum Gasteiger partial charge on any atom is -0.482 e. The second-order valence-corrected chi connectivity index (χ2v) is 14.2. The molecule has 0 aliphatic heterocycles. The molecule has 1 unspecified atom stereocenters. The summed E-state index contributed by atoms with van der Waals surface area (Å²) in [5.41, 5.74) is -4.07. The Morgan fingerprint density at radius 1 is 0.769 bits per heavy atom. The van der Waals surface area contributed by atoms with Crippen LogP contribution in [0.15, 0.2) is 53.5 Å². The van der Waals surface area contributed by atoms with Crippen molar-refractivity contribution in [1.29, 1.82) is 0 Å². The molecule has 0 saturated heterocycles. The number of rotatable bonds is 9. The Bertz CT molecular complexity index is 1690. The number of carbonyl (C=O) groups is 7. The average Bonchev–Trinajstić information content (AvgIpc) is 2.98. The molecule has 2 rings (SSSR count). The quantitative estimate of drug-likeness (QED) is 0.0798. The summed E-state index contributed by atoms with van der Waals surface area (Å²) in [6.45, 7) is 13.8. The first kappa shape index (κ1) is 42.4. The largest absolute Gasteiger partial charge is 0.482 e. The van der Waals surface area contributed by atoms with Crippen molar-refractivity contribution in [3.05, 3.63) is 59.7 Å². The van der Waals surface area contributed by atoms with E-state index >= 15 is 0 Å². The molecule has 282 valence electrons. The van der Waals surface area contributed by atoms with Gasteiger partial charge in [-0.15, -0.1) is 0 Å². The zero-order valence-electron chi connectivity index (χ0n) is 31.1. The lowest BCUT2D eigenvalue weighted by molar-refractivity contribution is -0.139. The van der Waals surface area contributed by atoms with Gasteiger partial charge in [-0.05, 0) is 86.6 Å². The Labute approximate surface area is 301 Å². The highest BCUT2D eigenvalue weighted by Crippen LogP contribution is 2.30. The number of hydrogen-bond acceptors (Lipinski definition) is 12. The van der Waals surface area contributed by atoms with Crippen LogP contribution in [0.2, 0.25) is 0 Å². The Morgan fingerprint density at radius 2 is 1.29 bits per heavy atom. The van der Waals surface area contributed by atoms with Crippen molar-refractivity contribution < 1.29 is 62.4 Å². The van der Waals surface area contributed by atoms with E-state index in [1.807, 2.05) is 0 Å². The molecule has 0 spiro atoms. The fourth-order valence-corrected chi connectivity index (χ4v) is 4.16. The summed E-state index contributed by atoms with van der Waals surface area (Å²) < 4.78 is 26.9. The summed E-state index contributed by atoms with van der Waals surface area (Å²) in [6.07, 6.45) is -4.18. The van der Waals surface area contributed by atoms with Gasteiger partial charge in [0.1, 0.15) is 28.3 Å². The molecular weight excluding hydrogens is 682 g/mol. The number of hydrogen-bond donors (Lipinski definition) is 1. The third-order valence-electron chi connectivity index (χ3n) is 6.03. The van der Waals surface area contributed by atoms with Crippen molar-refractivity contribution in [3.63, 3.8) is 0 Å². The summed E-state index contributed by atoms with van der Waals surface area (Å²) in [4.78, 5) is 98.6. The van der Waals surface area contributed by atoms with Gasteiger partial charge in [0.05, 0.1) is 5.56 Å². The Hall–Kier alpha value is -5.80. The number of esters is 1. The summed E-state index contributed by atoms with van der Waals surface area (Å²) in [5, 5.41) is 9.07. The predicted molar refractivity (Wildman–Crippen MR) is 186 cm³/mol. The van der Waals surface area contributed by atoms with Gasteiger partial charge in [0, 0.05) is 25.6 Å². The van der Waals surface area contributed by atoms with E-state index in [1.54, 1.807) is 18.2 Å². The summed E-state index contributed by atoms with van der Waals surface area (Å²) in [7, 11) is 1.15. The van der Waals surface area contributed by atoms with Gasteiger partial charge in [-0.2, -0.15) is 9.89 Å². The fourth-order valence-electron chi connectivity index (χ4n) is 4.16. The van der Waals surface area contributed by atoms with Crippen LogP contribution in [0, 0.1) is 0 Å². The number of carboxylic acid groups (broad SMARTS) is 1. The summed E-state index contributed by atoms with van der Waals surface area (Å²) >= 11 is 0. The van der Waals surface area contributed by atoms with Gasteiger partial charge in [0.25, 0.3) is 5.91 Å². The van der Waals surface area contributed by atoms with E-state index in [0.29, 0.717) is 0 Å². The van der Waals surface area contributed by atoms with Crippen LogP contribution < -0.4 is 9.47 Å². The molecule has 0 aliphatic carbocycles. The molecule has 1 N–H and O–H groups in total. The second-order valence-electron chi connectivity index (χ2n) is 14.2. The first-order valence-corrected chi connectivity index (χ1v) is 15.9. The van der Waals surface area contributed by atoms with Crippen LogP contribution in [0.1, 0.15) is 90.0 Å². The fraction of sp³-hybridized carbons (Fsp3) is 0.444. The number of ketones is 1. The van der Waals surface area contributed by atoms with Crippen LogP contribution >= 0.6 is 0 Å². The number of benzene rings is 2. The van der Waals surface area contributed by atoms with Gasteiger partial charge >= 0.3 is 30.2 Å². The number of aliphatic imine (C=N–C) groups is 1. The van der Waals surface area contributed by atoms with Crippen LogP contribution in [-0.4, -0.2) is 99.2 Å². The van der Waals surface area contributed by atoms with E-state index in [-0.39, 0.29) is 16.2 Å². The van der Waals surface area contributed by atoms with Crippen LogP contribution in [0.25, 0.3) is 0 Å². The lowest BCUT2D eigenvalue weighted by Crippen LogP contribution is -2.59. The smallest absolute Gasteiger partial charge is 0.435 e. The highest BCUT2D eigenvalue weighted by Gasteiger charge is 2.47. The van der Waals surface area contributed by atoms with E-state index in [2.05, 4.69) is 4.99 Å². The van der Waals surface area contributed by atoms with Crippen molar-refractivity contribution in [1.82, 2.24) is 9.80 Å². The number of imide groups is 1. The molecule has 0 aliphatic rings. The topological polar surface area (TPSA) is 205 Å². The molecule has 16 nitrogen and oxygen atoms in total. The summed E-state index contributed by atoms with van der Waals surface area (Å²) in [5.74, 6) is -5.72. The van der Waals surface area contributed by atoms with Crippen molar-refractivity contribution in [2.45, 2.75) is 92.1 Å². The Kier molecular flexibility index (Phi) is 13.8. The molecule has 2 aromatic rings. The molecule has 1 atom stereocenters. The zero-order chi connectivity index (χ0) is 39.8. The number of ether oxygens (including phenoxy) is 5. The predicted octanol–water partition coefficient (Wildman–Crippen LogP) is 5.90. The summed E-state index contributed by atoms with van der Waals surface area (Å²) in [6, 6.07) is 8.56. The normalized spacial score (nSPS) is 12.5. The number of likely N-dealkylation sites (N-methyl/N-ethyl adjacent to an activating group) is 1. The van der Waals surface area contributed by atoms with Gasteiger partial charge < -0.3 is 28.8 Å². The molecule has 0 saturated carbocycles. The average molecular weight is 728 g/mol. The molecule has 16 heteroatoms. The van der Waals surface area contributed by atoms with Crippen molar-refractivity contribution in [2.75, 3.05) is 13.7 Å². The van der Waals surface area contributed by atoms with Crippen molar-refractivity contribution in [2.24, 2.45) is 4.99 Å². The maximum absolute atomic E-state index is 14.9. The lowest BCUT2D eigenvalue weighted by atomic mass is 9.99. The minimum absolute atomic E-state index is 0.0645. The van der Waals surface area contributed by atoms with E-state index in [1.165, 1.54) is 74.4 Å². The van der Waals surface area contributed by atoms with Crippen LogP contribution in [-0.2, 0) is 23.8 Å². The highest BCUT2D eigenvalue weighted by atomic mass is 16.6. The van der Waals surface area contributed by atoms with Gasteiger partial charge in [0.15, 0.2) is 24.3 Å². The number of nitrogens with zero attached hydrogens (tertiary/aromatic N) is 3. The number of amides is 4. The third kappa shape index (κ3) is 13.2. The molecule has 52 heavy (non-hydrogen) atoms. The molecule has 0 radical (unpaired) electrons. The standard InChI is InChI=1S/C36H45N3O13/c1-21(40)49-25-19-23(48-20-26(41)42)17-18-24(25)28(43)27(39(32(46)51-35(5,6)7)33(47)52-36(8,9)10)29(37-31(45)50-34(2,3)4)38(11)30(44)22-15-13-12-14-16-22/h12-19,27H,20H2,1-11H3,(H,41,42). The number of carbonyl (C=O) groups excluding carboxylic acids is 6. The first-order chi connectivity index (χ1) is 23.8. The molecule has 0 heterocycles. The van der Waals surface area contributed by atoms with Crippen LogP contribution in [0.3, 0.4) is 0 Å². The van der Waals surface area contributed by atoms with Gasteiger partial charge in [-0.25, -0.2) is 19.2 Å². The van der Waals surface area contributed by atoms with Crippen molar-refractivity contribution >= 4 is 47.7 Å². The SMILES string of the molecule is CC(=O)Oc1cc(OCC(=O)O)ccc1C(=O)C(C(=NC(=O)OC(C)(C)C)N(C)C(=O)c1ccccc1)N(C(=O)OC(C)(C)C)C(=O)OC(C)(C)C. The second kappa shape index (κ2) is 16.9. The number of Topliss-reactive ketones (excluding diaryl/α,β-unsaturated/α-hetero) is 1. The van der Waals surface area contributed by atoms with Gasteiger partial charge in [-0.3, -0.25) is 19.3 Å². The van der Waals surface area contributed by atoms with Gasteiger partial charge in [-0.1, -0.05) is 18.2 Å². The number of amidine groups is 1. The third-order valence-corrected chi connectivity index (χ3v) is 6.03. The van der Waals surface area contributed by atoms with Gasteiger partial charge in [0.2, 0.25) is 0 Å². The zero-order valence-corrected chi connectivity index (χ0v) is 31.1. The number of carboxylic acids is 1. The van der Waals surface area contributed by atoms with E-state index < -0.39 is 88.5 Å². The van der Waals surface area contributed by atoms with E-state index in [9.17, 15) is 33.6 Å². The Morgan fingerprint density at radius 3 is 1.75 bits per heavy atom.